The molecule has 1 atom stereocenters. The van der Waals surface area contributed by atoms with Gasteiger partial charge in [-0.15, -0.1) is 0 Å². The van der Waals surface area contributed by atoms with Crippen molar-refractivity contribution in [1.29, 1.82) is 0 Å². The monoisotopic (exact) mass is 261 g/mol. The number of rotatable bonds is 4. The van der Waals surface area contributed by atoms with E-state index in [1.54, 1.807) is 14.2 Å². The summed E-state index contributed by atoms with van der Waals surface area (Å²) in [4.78, 5) is 0. The van der Waals surface area contributed by atoms with Crippen molar-refractivity contribution >= 4 is 10.8 Å². The van der Waals surface area contributed by atoms with Crippen LogP contribution in [-0.2, 0) is 6.61 Å². The molecule has 0 saturated carbocycles. The van der Waals surface area contributed by atoms with Crippen LogP contribution in [0.25, 0.3) is 10.8 Å². The van der Waals surface area contributed by atoms with Gasteiger partial charge in [-0.05, 0) is 41.0 Å². The van der Waals surface area contributed by atoms with Gasteiger partial charge in [-0.2, -0.15) is 0 Å². The predicted octanol–water partition coefficient (Wildman–Crippen LogP) is 2.37. The number of benzene rings is 2. The van der Waals surface area contributed by atoms with E-state index in [0.717, 1.165) is 21.9 Å². The summed E-state index contributed by atoms with van der Waals surface area (Å²) < 4.78 is 10.6. The van der Waals surface area contributed by atoms with Gasteiger partial charge >= 0.3 is 0 Å². The second kappa shape index (κ2) is 5.47. The molecule has 2 aromatic rings. The molecule has 0 radical (unpaired) electrons. The Morgan fingerprint density at radius 3 is 2.32 bits per heavy atom. The molecule has 4 nitrogen and oxygen atoms in total. The fourth-order valence-corrected chi connectivity index (χ4v) is 2.39. The van der Waals surface area contributed by atoms with E-state index in [2.05, 4.69) is 0 Å². The van der Waals surface area contributed by atoms with Crippen molar-refractivity contribution in [1.82, 2.24) is 0 Å². The molecule has 0 spiro atoms. The number of hydrogen-bond donors (Lipinski definition) is 2. The standard InChI is InChI=1S/C15H19NO3/c1-9(16)15-11(8-17)5-4-10-6-13(18-2)14(19-3)7-12(10)15/h4-7,9,17H,8,16H2,1-3H3. The van der Waals surface area contributed by atoms with Crippen molar-refractivity contribution in [2.75, 3.05) is 14.2 Å². The average molecular weight is 261 g/mol. The molecule has 0 bridgehead atoms. The zero-order valence-corrected chi connectivity index (χ0v) is 11.4. The summed E-state index contributed by atoms with van der Waals surface area (Å²) in [7, 11) is 3.21. The van der Waals surface area contributed by atoms with Crippen molar-refractivity contribution in [2.24, 2.45) is 5.73 Å². The van der Waals surface area contributed by atoms with Crippen molar-refractivity contribution in [3.8, 4) is 11.5 Å². The third kappa shape index (κ3) is 2.37. The third-order valence-corrected chi connectivity index (χ3v) is 3.28. The Morgan fingerprint density at radius 2 is 1.79 bits per heavy atom. The van der Waals surface area contributed by atoms with Crippen LogP contribution in [0.2, 0.25) is 0 Å². The zero-order chi connectivity index (χ0) is 14.0. The minimum atomic E-state index is -0.163. The van der Waals surface area contributed by atoms with Gasteiger partial charge in [0.1, 0.15) is 0 Å². The van der Waals surface area contributed by atoms with Gasteiger partial charge in [0.15, 0.2) is 11.5 Å². The molecule has 0 aliphatic rings. The molecule has 0 amide bonds. The third-order valence-electron chi connectivity index (χ3n) is 3.28. The smallest absolute Gasteiger partial charge is 0.161 e. The molecule has 0 aliphatic carbocycles. The minimum absolute atomic E-state index is 0.0266. The summed E-state index contributed by atoms with van der Waals surface area (Å²) in [6, 6.07) is 7.51. The van der Waals surface area contributed by atoms with Gasteiger partial charge in [-0.3, -0.25) is 0 Å². The summed E-state index contributed by atoms with van der Waals surface area (Å²) in [5.41, 5.74) is 7.82. The molecule has 0 aromatic heterocycles. The van der Waals surface area contributed by atoms with E-state index in [9.17, 15) is 5.11 Å². The lowest BCUT2D eigenvalue weighted by Crippen LogP contribution is -2.09. The normalized spacial score (nSPS) is 12.5. The second-order valence-corrected chi connectivity index (χ2v) is 4.51. The predicted molar refractivity (Wildman–Crippen MR) is 75.6 cm³/mol. The molecule has 1 unspecified atom stereocenters. The quantitative estimate of drug-likeness (QED) is 0.886. The Labute approximate surface area is 112 Å². The van der Waals surface area contributed by atoms with Crippen LogP contribution in [0.15, 0.2) is 24.3 Å². The molecule has 102 valence electrons. The van der Waals surface area contributed by atoms with Crippen LogP contribution < -0.4 is 15.2 Å². The van der Waals surface area contributed by atoms with Gasteiger partial charge in [0, 0.05) is 6.04 Å². The zero-order valence-electron chi connectivity index (χ0n) is 11.4. The molecular formula is C15H19NO3. The van der Waals surface area contributed by atoms with E-state index in [0.29, 0.717) is 11.5 Å². The molecule has 19 heavy (non-hydrogen) atoms. The lowest BCUT2D eigenvalue weighted by atomic mass is 9.94. The summed E-state index contributed by atoms with van der Waals surface area (Å²) >= 11 is 0. The largest absolute Gasteiger partial charge is 0.493 e. The lowest BCUT2D eigenvalue weighted by Gasteiger charge is -2.17. The topological polar surface area (TPSA) is 64.7 Å². The molecule has 0 saturated heterocycles. The van der Waals surface area contributed by atoms with Gasteiger partial charge < -0.3 is 20.3 Å². The van der Waals surface area contributed by atoms with E-state index in [-0.39, 0.29) is 12.6 Å². The fourth-order valence-electron chi connectivity index (χ4n) is 2.39. The first-order valence-corrected chi connectivity index (χ1v) is 6.16. The van der Waals surface area contributed by atoms with Crippen LogP contribution in [0.4, 0.5) is 0 Å². The Kier molecular flexibility index (Phi) is 3.93. The first-order chi connectivity index (χ1) is 9.12. The van der Waals surface area contributed by atoms with Gasteiger partial charge in [-0.1, -0.05) is 12.1 Å². The molecule has 0 fully saturated rings. The lowest BCUT2D eigenvalue weighted by molar-refractivity contribution is 0.280. The average Bonchev–Trinajstić information content (AvgIpc) is 2.43. The molecule has 4 heteroatoms. The van der Waals surface area contributed by atoms with Gasteiger partial charge in [0.05, 0.1) is 20.8 Å². The van der Waals surface area contributed by atoms with E-state index < -0.39 is 0 Å². The molecule has 3 N–H and O–H groups in total. The Morgan fingerprint density at radius 1 is 1.16 bits per heavy atom. The maximum Gasteiger partial charge on any atom is 0.161 e. The highest BCUT2D eigenvalue weighted by Gasteiger charge is 2.14. The Hall–Kier alpha value is -1.78. The van der Waals surface area contributed by atoms with Crippen LogP contribution in [0.3, 0.4) is 0 Å². The summed E-state index contributed by atoms with van der Waals surface area (Å²) in [6.45, 7) is 1.88. The number of methoxy groups -OCH3 is 2. The Bertz CT molecular complexity index is 593. The summed E-state index contributed by atoms with van der Waals surface area (Å²) in [6.07, 6.45) is 0. The maximum absolute atomic E-state index is 9.44. The van der Waals surface area contributed by atoms with Crippen molar-refractivity contribution < 1.29 is 14.6 Å². The molecular weight excluding hydrogens is 242 g/mol. The van der Waals surface area contributed by atoms with E-state index in [4.69, 9.17) is 15.2 Å². The SMILES string of the molecule is COc1cc2ccc(CO)c(C(C)N)c2cc1OC. The van der Waals surface area contributed by atoms with E-state index >= 15 is 0 Å². The van der Waals surface area contributed by atoms with Crippen molar-refractivity contribution in [3.63, 3.8) is 0 Å². The molecule has 2 aromatic carbocycles. The number of ether oxygens (including phenoxy) is 2. The van der Waals surface area contributed by atoms with Gasteiger partial charge in [-0.25, -0.2) is 0 Å². The highest BCUT2D eigenvalue weighted by atomic mass is 16.5. The van der Waals surface area contributed by atoms with Crippen molar-refractivity contribution in [3.05, 3.63) is 35.4 Å². The van der Waals surface area contributed by atoms with E-state index in [1.165, 1.54) is 0 Å². The van der Waals surface area contributed by atoms with Crippen LogP contribution in [-0.4, -0.2) is 19.3 Å². The molecule has 2 rings (SSSR count). The summed E-state index contributed by atoms with van der Waals surface area (Å²) in [5, 5.41) is 11.4. The van der Waals surface area contributed by atoms with E-state index in [1.807, 2.05) is 31.2 Å². The highest BCUT2D eigenvalue weighted by Crippen LogP contribution is 2.36. The van der Waals surface area contributed by atoms with Crippen molar-refractivity contribution in [2.45, 2.75) is 19.6 Å². The highest BCUT2D eigenvalue weighted by molar-refractivity contribution is 5.90. The van der Waals surface area contributed by atoms with Crippen LogP contribution in [0.1, 0.15) is 24.1 Å². The molecule has 0 aliphatic heterocycles. The maximum atomic E-state index is 9.44. The number of hydrogen-bond acceptors (Lipinski definition) is 4. The molecule has 0 heterocycles. The minimum Gasteiger partial charge on any atom is -0.493 e. The first kappa shape index (κ1) is 13.6. The second-order valence-electron chi connectivity index (χ2n) is 4.51. The van der Waals surface area contributed by atoms with Crippen LogP contribution in [0.5, 0.6) is 11.5 Å². The van der Waals surface area contributed by atoms with Gasteiger partial charge in [0.2, 0.25) is 0 Å². The number of fused-ring (bicyclic) bond motifs is 1. The van der Waals surface area contributed by atoms with Crippen LogP contribution >= 0.6 is 0 Å². The summed E-state index contributed by atoms with van der Waals surface area (Å²) in [5.74, 6) is 1.34. The number of aliphatic hydroxyl groups excluding tert-OH is 1. The van der Waals surface area contributed by atoms with Gasteiger partial charge in [0.25, 0.3) is 0 Å². The number of nitrogens with two attached hydrogens (primary N) is 1. The Balaban J connectivity index is 2.80. The first-order valence-electron chi connectivity index (χ1n) is 6.16. The fraction of sp³-hybridized carbons (Fsp3) is 0.333. The number of aliphatic hydroxyl groups is 1. The van der Waals surface area contributed by atoms with Crippen LogP contribution in [0, 0.1) is 0 Å².